The number of rotatable bonds is 7. The Labute approximate surface area is 179 Å². The summed E-state index contributed by atoms with van der Waals surface area (Å²) in [5.41, 5.74) is 6.42. The highest BCUT2D eigenvalue weighted by Crippen LogP contribution is 2.19. The number of nitrogens with one attached hydrogen (secondary N) is 1. The largest absolute Gasteiger partial charge is 0.352 e. The average Bonchev–Trinajstić information content (AvgIpc) is 3.29. The van der Waals surface area contributed by atoms with Gasteiger partial charge in [0.15, 0.2) is 0 Å². The molecule has 4 nitrogen and oxygen atoms in total. The number of hydrogen-bond acceptors (Lipinski definition) is 3. The fourth-order valence-corrected chi connectivity index (χ4v) is 3.89. The minimum atomic E-state index is -0.0331. The molecule has 4 heteroatoms. The van der Waals surface area contributed by atoms with Crippen LogP contribution in [0.4, 0.5) is 0 Å². The monoisotopic (exact) mass is 399 g/mol. The molecule has 0 aliphatic carbocycles. The van der Waals surface area contributed by atoms with Crippen molar-refractivity contribution in [1.29, 1.82) is 0 Å². The first-order valence-corrected chi connectivity index (χ1v) is 10.8. The second-order valence-corrected chi connectivity index (χ2v) is 8.07. The van der Waals surface area contributed by atoms with Crippen molar-refractivity contribution in [2.45, 2.75) is 32.7 Å². The number of nitrogens with zero attached hydrogens (tertiary/aromatic N) is 2. The van der Waals surface area contributed by atoms with Gasteiger partial charge in [0.2, 0.25) is 0 Å². The van der Waals surface area contributed by atoms with E-state index in [9.17, 15) is 4.79 Å². The van der Waals surface area contributed by atoms with Crippen LogP contribution >= 0.6 is 0 Å². The van der Waals surface area contributed by atoms with E-state index < -0.39 is 0 Å². The van der Waals surface area contributed by atoms with E-state index in [1.165, 1.54) is 37.1 Å². The van der Waals surface area contributed by atoms with Crippen molar-refractivity contribution in [3.8, 4) is 11.1 Å². The van der Waals surface area contributed by atoms with E-state index >= 15 is 0 Å². The van der Waals surface area contributed by atoms with E-state index in [4.69, 9.17) is 0 Å². The Morgan fingerprint density at radius 2 is 1.57 bits per heavy atom. The molecule has 2 heterocycles. The molecule has 154 valence electrons. The van der Waals surface area contributed by atoms with E-state index in [0.29, 0.717) is 12.1 Å². The van der Waals surface area contributed by atoms with Gasteiger partial charge >= 0.3 is 0 Å². The zero-order valence-corrected chi connectivity index (χ0v) is 17.6. The Bertz CT molecular complexity index is 957. The molecule has 0 radical (unpaired) electrons. The summed E-state index contributed by atoms with van der Waals surface area (Å²) in [6.07, 6.45) is 5.34. The van der Waals surface area contributed by atoms with E-state index in [0.717, 1.165) is 29.8 Å². The first kappa shape index (κ1) is 20.3. The number of aryl methyl sites for hydroxylation is 1. The van der Waals surface area contributed by atoms with Crippen LogP contribution < -0.4 is 5.32 Å². The highest BCUT2D eigenvalue weighted by molar-refractivity contribution is 5.94. The Hall–Kier alpha value is -2.98. The quantitative estimate of drug-likeness (QED) is 0.630. The molecule has 1 N–H and O–H groups in total. The summed E-state index contributed by atoms with van der Waals surface area (Å²) in [6.45, 7) is 6.09. The molecule has 3 aromatic rings. The van der Waals surface area contributed by atoms with Gasteiger partial charge in [-0.1, -0.05) is 42.5 Å². The van der Waals surface area contributed by atoms with Gasteiger partial charge in [-0.15, -0.1) is 0 Å². The number of pyridine rings is 1. The fourth-order valence-electron chi connectivity index (χ4n) is 3.89. The van der Waals surface area contributed by atoms with Gasteiger partial charge in [0.05, 0.1) is 0 Å². The maximum atomic E-state index is 12.4. The molecule has 1 aliphatic rings. The number of hydrogen-bond donors (Lipinski definition) is 1. The van der Waals surface area contributed by atoms with Gasteiger partial charge in [-0.25, -0.2) is 0 Å². The van der Waals surface area contributed by atoms with Crippen LogP contribution in [0, 0.1) is 6.92 Å². The Kier molecular flexibility index (Phi) is 6.55. The maximum absolute atomic E-state index is 12.4. The second-order valence-electron chi connectivity index (χ2n) is 8.07. The van der Waals surface area contributed by atoms with E-state index in [-0.39, 0.29) is 5.91 Å². The lowest BCUT2D eigenvalue weighted by Crippen LogP contribution is -2.25. The van der Waals surface area contributed by atoms with Crippen molar-refractivity contribution in [3.63, 3.8) is 0 Å². The molecule has 0 unspecified atom stereocenters. The van der Waals surface area contributed by atoms with Crippen LogP contribution in [0.25, 0.3) is 11.1 Å². The lowest BCUT2D eigenvalue weighted by atomic mass is 10.0. The van der Waals surface area contributed by atoms with Crippen molar-refractivity contribution in [3.05, 3.63) is 89.2 Å². The first-order chi connectivity index (χ1) is 14.7. The summed E-state index contributed by atoms with van der Waals surface area (Å²) in [5.74, 6) is -0.0331. The Morgan fingerprint density at radius 3 is 2.23 bits per heavy atom. The molecule has 1 fully saturated rings. The zero-order valence-electron chi connectivity index (χ0n) is 17.6. The van der Waals surface area contributed by atoms with Crippen LogP contribution in [-0.4, -0.2) is 35.4 Å². The summed E-state index contributed by atoms with van der Waals surface area (Å²) in [7, 11) is 0. The van der Waals surface area contributed by atoms with E-state index in [2.05, 4.69) is 39.5 Å². The van der Waals surface area contributed by atoms with Gasteiger partial charge in [0.25, 0.3) is 5.91 Å². The summed E-state index contributed by atoms with van der Waals surface area (Å²) in [4.78, 5) is 19.3. The lowest BCUT2D eigenvalue weighted by molar-refractivity contribution is 0.0954. The second kappa shape index (κ2) is 9.68. The van der Waals surface area contributed by atoms with Crippen LogP contribution in [0.1, 0.15) is 40.0 Å². The summed E-state index contributed by atoms with van der Waals surface area (Å²) in [6, 6.07) is 20.5. The van der Waals surface area contributed by atoms with Crippen LogP contribution in [0.3, 0.4) is 0 Å². The topological polar surface area (TPSA) is 45.2 Å². The van der Waals surface area contributed by atoms with Crippen LogP contribution in [-0.2, 0) is 13.0 Å². The van der Waals surface area contributed by atoms with Crippen LogP contribution in [0.2, 0.25) is 0 Å². The minimum absolute atomic E-state index is 0.0331. The molecule has 2 aromatic carbocycles. The molecule has 0 saturated carbocycles. The fraction of sp³-hybridized carbons (Fsp3) is 0.308. The van der Waals surface area contributed by atoms with Gasteiger partial charge < -0.3 is 5.32 Å². The maximum Gasteiger partial charge on any atom is 0.251 e. The minimum Gasteiger partial charge on any atom is -0.352 e. The van der Waals surface area contributed by atoms with E-state index in [1.54, 1.807) is 0 Å². The molecule has 0 atom stereocenters. The highest BCUT2D eigenvalue weighted by Gasteiger charge is 2.11. The standard InChI is InChI=1S/C26H29N3O/c1-20-4-9-25(18-28-20)23-10-12-24(13-11-23)26(30)27-15-14-21-5-7-22(8-6-21)19-29-16-2-3-17-29/h4-13,18H,2-3,14-17,19H2,1H3,(H,27,30). The van der Waals surface area contributed by atoms with Gasteiger partial charge in [0.1, 0.15) is 0 Å². The number of likely N-dealkylation sites (tertiary alicyclic amines) is 1. The van der Waals surface area contributed by atoms with Gasteiger partial charge in [-0.3, -0.25) is 14.7 Å². The lowest BCUT2D eigenvalue weighted by Gasteiger charge is -2.14. The summed E-state index contributed by atoms with van der Waals surface area (Å²) >= 11 is 0. The molecular weight excluding hydrogens is 370 g/mol. The Balaban J connectivity index is 1.25. The average molecular weight is 400 g/mol. The van der Waals surface area contributed by atoms with Gasteiger partial charge in [-0.2, -0.15) is 0 Å². The normalized spacial score (nSPS) is 14.0. The molecule has 0 bridgehead atoms. The molecule has 1 aromatic heterocycles. The van der Waals surface area contributed by atoms with Crippen molar-refractivity contribution in [2.24, 2.45) is 0 Å². The third-order valence-corrected chi connectivity index (χ3v) is 5.72. The predicted molar refractivity (Wildman–Crippen MR) is 121 cm³/mol. The van der Waals surface area contributed by atoms with Crippen molar-refractivity contribution in [1.82, 2.24) is 15.2 Å². The molecular formula is C26H29N3O. The van der Waals surface area contributed by atoms with Crippen molar-refractivity contribution < 1.29 is 4.79 Å². The molecule has 1 saturated heterocycles. The molecule has 30 heavy (non-hydrogen) atoms. The number of amides is 1. The number of carbonyl (C=O) groups is 1. The van der Waals surface area contributed by atoms with Crippen LogP contribution in [0.15, 0.2) is 66.9 Å². The first-order valence-electron chi connectivity index (χ1n) is 10.8. The van der Waals surface area contributed by atoms with Gasteiger partial charge in [0, 0.05) is 36.1 Å². The number of benzene rings is 2. The molecule has 4 rings (SSSR count). The van der Waals surface area contributed by atoms with Crippen molar-refractivity contribution in [2.75, 3.05) is 19.6 Å². The van der Waals surface area contributed by atoms with Gasteiger partial charge in [-0.05, 0) is 74.2 Å². The third kappa shape index (κ3) is 5.33. The summed E-state index contributed by atoms with van der Waals surface area (Å²) < 4.78 is 0. The SMILES string of the molecule is Cc1ccc(-c2ccc(C(=O)NCCc3ccc(CN4CCCC4)cc3)cc2)cn1. The zero-order chi connectivity index (χ0) is 20.8. The predicted octanol–water partition coefficient (Wildman–Crippen LogP) is 4.63. The number of aromatic nitrogens is 1. The smallest absolute Gasteiger partial charge is 0.251 e. The molecule has 0 spiro atoms. The third-order valence-electron chi connectivity index (χ3n) is 5.72. The molecule has 1 aliphatic heterocycles. The molecule has 1 amide bonds. The Morgan fingerprint density at radius 1 is 0.900 bits per heavy atom. The van der Waals surface area contributed by atoms with E-state index in [1.807, 2.05) is 49.5 Å². The summed E-state index contributed by atoms with van der Waals surface area (Å²) in [5, 5.41) is 3.03. The highest BCUT2D eigenvalue weighted by atomic mass is 16.1. The van der Waals surface area contributed by atoms with Crippen LogP contribution in [0.5, 0.6) is 0 Å². The van der Waals surface area contributed by atoms with Crippen molar-refractivity contribution >= 4 is 5.91 Å². The number of carbonyl (C=O) groups excluding carboxylic acids is 1.